The average molecular weight is 355 g/mol. The van der Waals surface area contributed by atoms with Crippen molar-refractivity contribution in [1.29, 1.82) is 0 Å². The standard InChI is InChI=1S/C13H11ClN4O2S2/c14-10-3-1-8(2-4-10)11-15-16-13-18(11)17-12(21-13)9-5-6-22(19,20)7-9/h1-4,9H,5-7H2. The van der Waals surface area contributed by atoms with Crippen LogP contribution < -0.4 is 0 Å². The van der Waals surface area contributed by atoms with Gasteiger partial charge in [-0.05, 0) is 30.7 Å². The molecule has 0 aliphatic carbocycles. The number of hydrogen-bond acceptors (Lipinski definition) is 6. The largest absolute Gasteiger partial charge is 0.234 e. The van der Waals surface area contributed by atoms with Crippen LogP contribution in [0.25, 0.3) is 16.3 Å². The Kier molecular flexibility index (Phi) is 3.21. The molecule has 3 aromatic rings. The second-order valence-electron chi connectivity index (χ2n) is 5.27. The van der Waals surface area contributed by atoms with E-state index >= 15 is 0 Å². The van der Waals surface area contributed by atoms with Crippen LogP contribution in [0.4, 0.5) is 0 Å². The van der Waals surface area contributed by atoms with Crippen LogP contribution in [0.15, 0.2) is 24.3 Å². The van der Waals surface area contributed by atoms with E-state index in [-0.39, 0.29) is 17.4 Å². The quantitative estimate of drug-likeness (QED) is 0.706. The Hall–Kier alpha value is -1.51. The number of aromatic nitrogens is 4. The van der Waals surface area contributed by atoms with Crippen LogP contribution >= 0.6 is 22.9 Å². The summed E-state index contributed by atoms with van der Waals surface area (Å²) in [7, 11) is -2.92. The molecule has 1 aliphatic heterocycles. The molecule has 0 saturated carbocycles. The zero-order chi connectivity index (χ0) is 15.3. The smallest absolute Gasteiger partial charge is 0.229 e. The fourth-order valence-electron chi connectivity index (χ4n) is 2.57. The molecule has 4 rings (SSSR count). The third kappa shape index (κ3) is 2.41. The van der Waals surface area contributed by atoms with Gasteiger partial charge in [0.1, 0.15) is 5.01 Å². The van der Waals surface area contributed by atoms with E-state index in [1.165, 1.54) is 11.3 Å². The summed E-state index contributed by atoms with van der Waals surface area (Å²) in [6.45, 7) is 0. The van der Waals surface area contributed by atoms with Crippen LogP contribution in [0.2, 0.25) is 5.02 Å². The monoisotopic (exact) mass is 354 g/mol. The number of halogens is 1. The van der Waals surface area contributed by atoms with Crippen LogP contribution in [-0.4, -0.2) is 39.7 Å². The molecular formula is C13H11ClN4O2S2. The molecule has 1 saturated heterocycles. The van der Waals surface area contributed by atoms with Gasteiger partial charge < -0.3 is 0 Å². The van der Waals surface area contributed by atoms with Crippen molar-refractivity contribution < 1.29 is 8.42 Å². The summed E-state index contributed by atoms with van der Waals surface area (Å²) in [6.07, 6.45) is 0.628. The third-order valence-corrected chi connectivity index (χ3v) is 6.77. The van der Waals surface area contributed by atoms with Crippen LogP contribution in [0.5, 0.6) is 0 Å². The van der Waals surface area contributed by atoms with Crippen LogP contribution in [-0.2, 0) is 9.84 Å². The van der Waals surface area contributed by atoms with E-state index in [9.17, 15) is 8.42 Å². The van der Waals surface area contributed by atoms with E-state index in [0.717, 1.165) is 10.6 Å². The first-order valence-electron chi connectivity index (χ1n) is 6.70. The maximum atomic E-state index is 11.6. The van der Waals surface area contributed by atoms with Gasteiger partial charge in [0.2, 0.25) is 4.96 Å². The molecule has 3 heterocycles. The fourth-order valence-corrected chi connectivity index (χ4v) is 5.52. The summed E-state index contributed by atoms with van der Waals surface area (Å²) in [4.78, 5) is 0.671. The minimum absolute atomic E-state index is 0.0326. The normalized spacial score (nSPS) is 20.7. The van der Waals surface area contributed by atoms with Gasteiger partial charge in [0.25, 0.3) is 0 Å². The molecule has 0 radical (unpaired) electrons. The molecule has 1 unspecified atom stereocenters. The molecule has 0 amide bonds. The molecule has 114 valence electrons. The first-order chi connectivity index (χ1) is 10.5. The Bertz CT molecular complexity index is 946. The predicted molar refractivity (Wildman–Crippen MR) is 85.1 cm³/mol. The highest BCUT2D eigenvalue weighted by atomic mass is 35.5. The molecule has 0 N–H and O–H groups in total. The Morgan fingerprint density at radius 2 is 2.00 bits per heavy atom. The predicted octanol–water partition coefficient (Wildman–Crippen LogP) is 2.41. The van der Waals surface area contributed by atoms with Gasteiger partial charge in [-0.25, -0.2) is 8.42 Å². The van der Waals surface area contributed by atoms with Crippen molar-refractivity contribution in [3.8, 4) is 11.4 Å². The zero-order valence-corrected chi connectivity index (χ0v) is 13.7. The van der Waals surface area contributed by atoms with Gasteiger partial charge in [-0.1, -0.05) is 22.9 Å². The molecule has 6 nitrogen and oxygen atoms in total. The van der Waals surface area contributed by atoms with Gasteiger partial charge in [-0.3, -0.25) is 0 Å². The van der Waals surface area contributed by atoms with E-state index in [4.69, 9.17) is 11.6 Å². The van der Waals surface area contributed by atoms with Crippen molar-refractivity contribution in [3.63, 3.8) is 0 Å². The summed E-state index contributed by atoms with van der Waals surface area (Å²) in [5, 5.41) is 14.3. The molecule has 1 aromatic carbocycles. The van der Waals surface area contributed by atoms with Gasteiger partial charge >= 0.3 is 0 Å². The van der Waals surface area contributed by atoms with Crippen LogP contribution in [0.1, 0.15) is 17.3 Å². The van der Waals surface area contributed by atoms with Crippen molar-refractivity contribution in [2.75, 3.05) is 11.5 Å². The molecule has 2 aromatic heterocycles. The first kappa shape index (κ1) is 14.1. The number of fused-ring (bicyclic) bond motifs is 1. The summed E-state index contributed by atoms with van der Waals surface area (Å²) in [6, 6.07) is 7.29. The highest BCUT2D eigenvalue weighted by molar-refractivity contribution is 7.91. The average Bonchev–Trinajstić information content (AvgIpc) is 3.13. The van der Waals surface area contributed by atoms with Gasteiger partial charge in [0.05, 0.1) is 11.5 Å². The van der Waals surface area contributed by atoms with Crippen LogP contribution in [0, 0.1) is 0 Å². The lowest BCUT2D eigenvalue weighted by molar-refractivity contribution is 0.601. The molecule has 0 bridgehead atoms. The lowest BCUT2D eigenvalue weighted by atomic mass is 10.1. The van der Waals surface area contributed by atoms with Gasteiger partial charge in [-0.2, -0.15) is 9.61 Å². The van der Waals surface area contributed by atoms with Gasteiger partial charge in [0.15, 0.2) is 15.7 Å². The van der Waals surface area contributed by atoms with Crippen molar-refractivity contribution in [2.45, 2.75) is 12.3 Å². The second-order valence-corrected chi connectivity index (χ2v) is 8.92. The highest BCUT2D eigenvalue weighted by Crippen LogP contribution is 2.32. The van der Waals surface area contributed by atoms with Crippen molar-refractivity contribution >= 4 is 37.7 Å². The second kappa shape index (κ2) is 5.00. The maximum Gasteiger partial charge on any atom is 0.234 e. The summed E-state index contributed by atoms with van der Waals surface area (Å²) in [5.74, 6) is 1.01. The number of rotatable bonds is 2. The Labute approximate surface area is 135 Å². The Morgan fingerprint density at radius 3 is 2.68 bits per heavy atom. The highest BCUT2D eigenvalue weighted by Gasteiger charge is 2.32. The summed E-state index contributed by atoms with van der Waals surface area (Å²) >= 11 is 7.30. The lowest BCUT2D eigenvalue weighted by Gasteiger charge is -2.01. The zero-order valence-electron chi connectivity index (χ0n) is 11.3. The molecule has 22 heavy (non-hydrogen) atoms. The molecule has 9 heteroatoms. The van der Waals surface area contributed by atoms with Crippen molar-refractivity contribution in [2.24, 2.45) is 0 Å². The molecule has 0 spiro atoms. The number of hydrogen-bond donors (Lipinski definition) is 0. The summed E-state index contributed by atoms with van der Waals surface area (Å²) < 4.78 is 24.9. The number of benzene rings is 1. The Morgan fingerprint density at radius 1 is 1.23 bits per heavy atom. The van der Waals surface area contributed by atoms with Crippen molar-refractivity contribution in [1.82, 2.24) is 19.8 Å². The SMILES string of the molecule is O=S1(=O)CCC(c2nn3c(-c4ccc(Cl)cc4)nnc3s2)C1. The van der Waals surface area contributed by atoms with Crippen molar-refractivity contribution in [3.05, 3.63) is 34.3 Å². The molecule has 1 aliphatic rings. The maximum absolute atomic E-state index is 11.6. The molecule has 1 fully saturated rings. The number of nitrogens with zero attached hydrogens (tertiary/aromatic N) is 4. The topological polar surface area (TPSA) is 77.2 Å². The van der Waals surface area contributed by atoms with E-state index in [0.29, 0.717) is 22.2 Å². The minimum Gasteiger partial charge on any atom is -0.229 e. The van der Waals surface area contributed by atoms with Crippen LogP contribution in [0.3, 0.4) is 0 Å². The minimum atomic E-state index is -2.92. The van der Waals surface area contributed by atoms with Gasteiger partial charge in [-0.15, -0.1) is 10.2 Å². The molecular weight excluding hydrogens is 344 g/mol. The molecule has 1 atom stereocenters. The first-order valence-corrected chi connectivity index (χ1v) is 9.72. The van der Waals surface area contributed by atoms with E-state index in [2.05, 4.69) is 15.3 Å². The Balaban J connectivity index is 1.75. The van der Waals surface area contributed by atoms with Gasteiger partial charge in [0, 0.05) is 16.5 Å². The lowest BCUT2D eigenvalue weighted by Crippen LogP contribution is -2.04. The van der Waals surface area contributed by atoms with E-state index in [1.807, 2.05) is 12.1 Å². The van der Waals surface area contributed by atoms with E-state index in [1.54, 1.807) is 16.6 Å². The third-order valence-electron chi connectivity index (χ3n) is 3.69. The fraction of sp³-hybridized carbons (Fsp3) is 0.308. The summed E-state index contributed by atoms with van der Waals surface area (Å²) in [5.41, 5.74) is 0.868. The number of sulfone groups is 1. The van der Waals surface area contributed by atoms with E-state index < -0.39 is 9.84 Å².